The van der Waals surface area contributed by atoms with Crippen molar-refractivity contribution >= 4 is 11.9 Å². The second-order valence-electron chi connectivity index (χ2n) is 5.85. The summed E-state index contributed by atoms with van der Waals surface area (Å²) in [5, 5.41) is 0. The molecule has 0 aromatic heterocycles. The lowest BCUT2D eigenvalue weighted by Crippen LogP contribution is -2.35. The van der Waals surface area contributed by atoms with E-state index < -0.39 is 17.8 Å². The van der Waals surface area contributed by atoms with Crippen molar-refractivity contribution in [1.82, 2.24) is 0 Å². The minimum absolute atomic E-state index is 0.0513. The molecule has 0 aliphatic carbocycles. The zero-order valence-corrected chi connectivity index (χ0v) is 11.5. The maximum Gasteiger partial charge on any atom is 0.311 e. The van der Waals surface area contributed by atoms with E-state index in [0.29, 0.717) is 13.2 Å². The number of hydrogen-bond donors (Lipinski definition) is 0. The summed E-state index contributed by atoms with van der Waals surface area (Å²) in [7, 11) is 0. The number of rotatable bonds is 3. The van der Waals surface area contributed by atoms with E-state index in [1.165, 1.54) is 0 Å². The first-order chi connectivity index (χ1) is 8.88. The summed E-state index contributed by atoms with van der Waals surface area (Å²) in [5.41, 5.74) is -0.571. The van der Waals surface area contributed by atoms with Crippen LogP contribution < -0.4 is 0 Å². The van der Waals surface area contributed by atoms with E-state index >= 15 is 0 Å². The van der Waals surface area contributed by atoms with Gasteiger partial charge in [0.25, 0.3) is 0 Å². The van der Waals surface area contributed by atoms with Crippen LogP contribution in [0.2, 0.25) is 0 Å². The van der Waals surface area contributed by atoms with Crippen LogP contribution in [-0.4, -0.2) is 44.2 Å². The lowest BCUT2D eigenvalue weighted by Gasteiger charge is -2.23. The summed E-state index contributed by atoms with van der Waals surface area (Å²) in [6.45, 7) is 6.41. The van der Waals surface area contributed by atoms with Gasteiger partial charge in [0.05, 0.1) is 31.0 Å². The van der Waals surface area contributed by atoms with Gasteiger partial charge < -0.3 is 18.9 Å². The third-order valence-corrected chi connectivity index (χ3v) is 3.15. The molecule has 0 N–H and O–H groups in total. The summed E-state index contributed by atoms with van der Waals surface area (Å²) < 4.78 is 21.2. The van der Waals surface area contributed by atoms with Crippen LogP contribution in [0.3, 0.4) is 0 Å². The molecule has 2 aliphatic heterocycles. The van der Waals surface area contributed by atoms with Crippen molar-refractivity contribution in [1.29, 1.82) is 0 Å². The standard InChI is InChI=1S/C13H20O6/c1-13(2,3)12(15)18-7-9-8(6-10(14)19-9)11-16-4-5-17-11/h8-9,11H,4-7H2,1-3H3/t8-,9+/m0/s1. The summed E-state index contributed by atoms with van der Waals surface area (Å²) in [6.07, 6.45) is -0.686. The van der Waals surface area contributed by atoms with E-state index in [9.17, 15) is 9.59 Å². The van der Waals surface area contributed by atoms with Crippen LogP contribution in [0, 0.1) is 11.3 Å². The number of cyclic esters (lactones) is 1. The van der Waals surface area contributed by atoms with E-state index in [1.807, 2.05) is 0 Å². The van der Waals surface area contributed by atoms with Crippen molar-refractivity contribution in [2.75, 3.05) is 19.8 Å². The normalized spacial score (nSPS) is 28.5. The molecule has 0 bridgehead atoms. The average molecular weight is 272 g/mol. The van der Waals surface area contributed by atoms with E-state index in [1.54, 1.807) is 20.8 Å². The number of hydrogen-bond acceptors (Lipinski definition) is 6. The Hall–Kier alpha value is -1.14. The van der Waals surface area contributed by atoms with Crippen LogP contribution in [0.15, 0.2) is 0 Å². The molecule has 2 atom stereocenters. The van der Waals surface area contributed by atoms with Crippen molar-refractivity contribution in [2.24, 2.45) is 11.3 Å². The molecule has 0 amide bonds. The molecule has 0 aromatic carbocycles. The molecular weight excluding hydrogens is 252 g/mol. The van der Waals surface area contributed by atoms with Crippen molar-refractivity contribution in [3.05, 3.63) is 0 Å². The lowest BCUT2D eigenvalue weighted by molar-refractivity contribution is -0.163. The third kappa shape index (κ3) is 3.45. The largest absolute Gasteiger partial charge is 0.461 e. The van der Waals surface area contributed by atoms with Crippen LogP contribution in [-0.2, 0) is 28.5 Å². The van der Waals surface area contributed by atoms with Crippen molar-refractivity contribution in [3.63, 3.8) is 0 Å². The van der Waals surface area contributed by atoms with Gasteiger partial charge in [0.1, 0.15) is 12.7 Å². The Kier molecular flexibility index (Phi) is 4.10. The van der Waals surface area contributed by atoms with E-state index in [4.69, 9.17) is 18.9 Å². The Labute approximate surface area is 112 Å². The smallest absolute Gasteiger partial charge is 0.311 e. The van der Waals surface area contributed by atoms with Gasteiger partial charge in [0, 0.05) is 0 Å². The Morgan fingerprint density at radius 1 is 1.32 bits per heavy atom. The van der Waals surface area contributed by atoms with Crippen molar-refractivity contribution in [2.45, 2.75) is 39.6 Å². The molecule has 108 valence electrons. The SMILES string of the molecule is CC(C)(C)C(=O)OC[C@H]1OC(=O)C[C@@H]1C1OCCO1. The van der Waals surface area contributed by atoms with Gasteiger partial charge in [-0.2, -0.15) is 0 Å². The van der Waals surface area contributed by atoms with Gasteiger partial charge in [0.15, 0.2) is 6.29 Å². The van der Waals surface area contributed by atoms with Gasteiger partial charge in [-0.15, -0.1) is 0 Å². The maximum absolute atomic E-state index is 11.7. The average Bonchev–Trinajstić information content (AvgIpc) is 2.92. The van der Waals surface area contributed by atoms with Gasteiger partial charge in [0.2, 0.25) is 0 Å². The topological polar surface area (TPSA) is 71.1 Å². The molecule has 6 heteroatoms. The molecule has 0 unspecified atom stereocenters. The van der Waals surface area contributed by atoms with Crippen LogP contribution in [0.1, 0.15) is 27.2 Å². The summed E-state index contributed by atoms with van der Waals surface area (Å²) in [6, 6.07) is 0. The molecule has 2 saturated heterocycles. The fourth-order valence-corrected chi connectivity index (χ4v) is 2.06. The fraction of sp³-hybridized carbons (Fsp3) is 0.846. The highest BCUT2D eigenvalue weighted by Gasteiger charge is 2.43. The monoisotopic (exact) mass is 272 g/mol. The van der Waals surface area contributed by atoms with E-state index in [0.717, 1.165) is 0 Å². The second-order valence-corrected chi connectivity index (χ2v) is 5.85. The number of carbonyl (C=O) groups excluding carboxylic acids is 2. The highest BCUT2D eigenvalue weighted by molar-refractivity contribution is 5.75. The van der Waals surface area contributed by atoms with E-state index in [2.05, 4.69) is 0 Å². The first-order valence-corrected chi connectivity index (χ1v) is 6.48. The van der Waals surface area contributed by atoms with Crippen LogP contribution in [0.25, 0.3) is 0 Å². The van der Waals surface area contributed by atoms with E-state index in [-0.39, 0.29) is 30.9 Å². The van der Waals surface area contributed by atoms with Gasteiger partial charge in [-0.3, -0.25) is 9.59 Å². The zero-order valence-electron chi connectivity index (χ0n) is 11.5. The minimum Gasteiger partial charge on any atom is -0.461 e. The first kappa shape index (κ1) is 14.3. The minimum atomic E-state index is -0.571. The van der Waals surface area contributed by atoms with Crippen LogP contribution in [0.4, 0.5) is 0 Å². The predicted octanol–water partition coefficient (Wildman–Crippen LogP) is 0.880. The maximum atomic E-state index is 11.7. The number of ether oxygens (including phenoxy) is 4. The molecule has 2 aliphatic rings. The Morgan fingerprint density at radius 2 is 1.95 bits per heavy atom. The highest BCUT2D eigenvalue weighted by atomic mass is 16.7. The Bertz CT molecular complexity index is 353. The Morgan fingerprint density at radius 3 is 2.53 bits per heavy atom. The van der Waals surface area contributed by atoms with Gasteiger partial charge in [-0.25, -0.2) is 0 Å². The zero-order chi connectivity index (χ0) is 14.0. The molecule has 2 heterocycles. The molecule has 19 heavy (non-hydrogen) atoms. The molecule has 2 fully saturated rings. The summed E-state index contributed by atoms with van der Waals surface area (Å²) in [5.74, 6) is -0.828. The third-order valence-electron chi connectivity index (χ3n) is 3.15. The quantitative estimate of drug-likeness (QED) is 0.710. The van der Waals surface area contributed by atoms with Gasteiger partial charge in [-0.05, 0) is 20.8 Å². The fourth-order valence-electron chi connectivity index (χ4n) is 2.06. The summed E-state index contributed by atoms with van der Waals surface area (Å²) >= 11 is 0. The number of carbonyl (C=O) groups is 2. The second kappa shape index (κ2) is 5.46. The van der Waals surface area contributed by atoms with Crippen LogP contribution >= 0.6 is 0 Å². The molecule has 2 rings (SSSR count). The Balaban J connectivity index is 1.90. The molecule has 6 nitrogen and oxygen atoms in total. The van der Waals surface area contributed by atoms with Crippen molar-refractivity contribution in [3.8, 4) is 0 Å². The van der Waals surface area contributed by atoms with Gasteiger partial charge >= 0.3 is 11.9 Å². The molecule has 0 spiro atoms. The van der Waals surface area contributed by atoms with Gasteiger partial charge in [-0.1, -0.05) is 0 Å². The summed E-state index contributed by atoms with van der Waals surface area (Å²) in [4.78, 5) is 23.1. The molecular formula is C13H20O6. The molecule has 0 saturated carbocycles. The predicted molar refractivity (Wildman–Crippen MR) is 64.1 cm³/mol. The lowest BCUT2D eigenvalue weighted by atomic mass is 9.97. The number of esters is 2. The van der Waals surface area contributed by atoms with Crippen LogP contribution in [0.5, 0.6) is 0 Å². The molecule has 0 aromatic rings. The van der Waals surface area contributed by atoms with Crippen molar-refractivity contribution < 1.29 is 28.5 Å². The molecule has 0 radical (unpaired) electrons. The highest BCUT2D eigenvalue weighted by Crippen LogP contribution is 2.30. The first-order valence-electron chi connectivity index (χ1n) is 6.48.